The van der Waals surface area contributed by atoms with Gasteiger partial charge in [0, 0.05) is 30.4 Å². The number of anilines is 2. The van der Waals surface area contributed by atoms with E-state index in [1.54, 1.807) is 55.6 Å². The summed E-state index contributed by atoms with van der Waals surface area (Å²) < 4.78 is 10.6. The lowest BCUT2D eigenvalue weighted by molar-refractivity contribution is -0.123. The standard InChI is InChI=1S/C20H21N3O5/c1-27-17-4-2-3-14(10-17)22-18(24)12-28-16-7-5-15(6-8-16)23-11-13(20(21)26)9-19(23)25/h2-8,10,13H,9,11-12H2,1H3,(H2,21,26)(H,22,24)/t13-/m1/s1. The van der Waals surface area contributed by atoms with Gasteiger partial charge in [-0.2, -0.15) is 0 Å². The minimum Gasteiger partial charge on any atom is -0.497 e. The first-order chi connectivity index (χ1) is 13.5. The maximum atomic E-state index is 12.0. The van der Waals surface area contributed by atoms with Gasteiger partial charge in [0.05, 0.1) is 13.0 Å². The fourth-order valence-corrected chi connectivity index (χ4v) is 2.92. The number of nitrogens with two attached hydrogens (primary N) is 1. The molecule has 8 heteroatoms. The molecule has 3 N–H and O–H groups in total. The van der Waals surface area contributed by atoms with Crippen molar-refractivity contribution in [1.29, 1.82) is 0 Å². The van der Waals surface area contributed by atoms with Gasteiger partial charge in [0.25, 0.3) is 5.91 Å². The maximum absolute atomic E-state index is 12.0. The molecule has 0 unspecified atom stereocenters. The van der Waals surface area contributed by atoms with Crippen LogP contribution in [-0.4, -0.2) is 38.0 Å². The van der Waals surface area contributed by atoms with E-state index in [4.69, 9.17) is 15.2 Å². The summed E-state index contributed by atoms with van der Waals surface area (Å²) in [4.78, 5) is 36.9. The minimum absolute atomic E-state index is 0.123. The summed E-state index contributed by atoms with van der Waals surface area (Å²) in [5.74, 6) is -0.264. The Labute approximate surface area is 162 Å². The molecular formula is C20H21N3O5. The number of nitrogens with zero attached hydrogens (tertiary/aromatic N) is 1. The van der Waals surface area contributed by atoms with Gasteiger partial charge in [0.1, 0.15) is 11.5 Å². The number of ether oxygens (including phenoxy) is 2. The fraction of sp³-hybridized carbons (Fsp3) is 0.250. The van der Waals surface area contributed by atoms with E-state index in [-0.39, 0.29) is 31.4 Å². The number of hydrogen-bond acceptors (Lipinski definition) is 5. The van der Waals surface area contributed by atoms with Crippen molar-refractivity contribution >= 4 is 29.1 Å². The van der Waals surface area contributed by atoms with Gasteiger partial charge in [-0.05, 0) is 36.4 Å². The molecule has 1 aliphatic rings. The molecule has 1 saturated heterocycles. The van der Waals surface area contributed by atoms with Crippen LogP contribution in [-0.2, 0) is 14.4 Å². The van der Waals surface area contributed by atoms with Gasteiger partial charge in [0.15, 0.2) is 6.61 Å². The Morgan fingerprint density at radius 3 is 2.57 bits per heavy atom. The first-order valence-corrected chi connectivity index (χ1v) is 8.72. The molecular weight excluding hydrogens is 362 g/mol. The highest BCUT2D eigenvalue weighted by molar-refractivity contribution is 6.00. The zero-order valence-corrected chi connectivity index (χ0v) is 15.4. The lowest BCUT2D eigenvalue weighted by Crippen LogP contribution is -2.28. The second-order valence-electron chi connectivity index (χ2n) is 6.37. The molecule has 146 valence electrons. The summed E-state index contributed by atoms with van der Waals surface area (Å²) in [5, 5.41) is 2.72. The van der Waals surface area contributed by atoms with Gasteiger partial charge in [-0.1, -0.05) is 6.07 Å². The monoisotopic (exact) mass is 383 g/mol. The van der Waals surface area contributed by atoms with Gasteiger partial charge in [-0.3, -0.25) is 14.4 Å². The SMILES string of the molecule is COc1cccc(NC(=O)COc2ccc(N3C[C@H](C(N)=O)CC3=O)cc2)c1. The van der Waals surface area contributed by atoms with Crippen molar-refractivity contribution in [3.8, 4) is 11.5 Å². The normalized spacial score (nSPS) is 16.0. The van der Waals surface area contributed by atoms with Crippen molar-refractivity contribution in [3.05, 3.63) is 48.5 Å². The first kappa shape index (κ1) is 19.2. The lowest BCUT2D eigenvalue weighted by Gasteiger charge is -2.16. The van der Waals surface area contributed by atoms with Crippen LogP contribution in [0.25, 0.3) is 0 Å². The third-order valence-corrected chi connectivity index (χ3v) is 4.40. The summed E-state index contributed by atoms with van der Waals surface area (Å²) in [6, 6.07) is 13.8. The molecule has 8 nitrogen and oxygen atoms in total. The molecule has 0 radical (unpaired) electrons. The third-order valence-electron chi connectivity index (χ3n) is 4.40. The summed E-state index contributed by atoms with van der Waals surface area (Å²) in [6.07, 6.45) is 0.123. The quantitative estimate of drug-likeness (QED) is 0.754. The molecule has 0 aromatic heterocycles. The van der Waals surface area contributed by atoms with Crippen molar-refractivity contribution in [1.82, 2.24) is 0 Å². The van der Waals surface area contributed by atoms with E-state index >= 15 is 0 Å². The Balaban J connectivity index is 1.53. The average molecular weight is 383 g/mol. The van der Waals surface area contributed by atoms with Crippen LogP contribution in [0.2, 0.25) is 0 Å². The molecule has 0 saturated carbocycles. The van der Waals surface area contributed by atoms with Crippen LogP contribution in [0.5, 0.6) is 11.5 Å². The zero-order chi connectivity index (χ0) is 20.1. The molecule has 1 aliphatic heterocycles. The minimum atomic E-state index is -0.474. The van der Waals surface area contributed by atoms with Gasteiger partial charge in [-0.15, -0.1) is 0 Å². The average Bonchev–Trinajstić information content (AvgIpc) is 3.09. The molecule has 1 heterocycles. The van der Waals surface area contributed by atoms with Crippen molar-refractivity contribution in [2.75, 3.05) is 30.5 Å². The molecule has 2 aromatic carbocycles. The number of carbonyl (C=O) groups excluding carboxylic acids is 3. The molecule has 3 rings (SSSR count). The highest BCUT2D eigenvalue weighted by Crippen LogP contribution is 2.26. The number of benzene rings is 2. The van der Waals surface area contributed by atoms with Gasteiger partial charge in [-0.25, -0.2) is 0 Å². The third kappa shape index (κ3) is 4.59. The summed E-state index contributed by atoms with van der Waals surface area (Å²) in [6.45, 7) is 0.111. The maximum Gasteiger partial charge on any atom is 0.262 e. The molecule has 0 aliphatic carbocycles. The number of primary amides is 1. The van der Waals surface area contributed by atoms with Crippen molar-refractivity contribution in [2.24, 2.45) is 11.7 Å². The predicted molar refractivity (Wildman–Crippen MR) is 103 cm³/mol. The molecule has 28 heavy (non-hydrogen) atoms. The van der Waals surface area contributed by atoms with Gasteiger partial charge in [0.2, 0.25) is 11.8 Å². The van der Waals surface area contributed by atoms with E-state index in [1.807, 2.05) is 0 Å². The summed E-state index contributed by atoms with van der Waals surface area (Å²) in [5.41, 5.74) is 6.55. The van der Waals surface area contributed by atoms with E-state index < -0.39 is 11.8 Å². The lowest BCUT2D eigenvalue weighted by atomic mass is 10.1. The number of amides is 3. The Morgan fingerprint density at radius 2 is 1.93 bits per heavy atom. The van der Waals surface area contributed by atoms with Crippen molar-refractivity contribution in [3.63, 3.8) is 0 Å². The largest absolute Gasteiger partial charge is 0.497 e. The van der Waals surface area contributed by atoms with Crippen LogP contribution >= 0.6 is 0 Å². The second-order valence-corrected chi connectivity index (χ2v) is 6.37. The Kier molecular flexibility index (Phi) is 5.78. The molecule has 2 aromatic rings. The molecule has 0 bridgehead atoms. The Hall–Kier alpha value is -3.55. The van der Waals surface area contributed by atoms with E-state index in [1.165, 1.54) is 4.90 Å². The predicted octanol–water partition coefficient (Wildman–Crippen LogP) is 1.55. The summed E-state index contributed by atoms with van der Waals surface area (Å²) >= 11 is 0. The number of methoxy groups -OCH3 is 1. The highest BCUT2D eigenvalue weighted by atomic mass is 16.5. The number of rotatable bonds is 7. The number of carbonyl (C=O) groups is 3. The Bertz CT molecular complexity index is 882. The van der Waals surface area contributed by atoms with E-state index in [0.29, 0.717) is 22.9 Å². The topological polar surface area (TPSA) is 111 Å². The van der Waals surface area contributed by atoms with E-state index in [0.717, 1.165) is 0 Å². The van der Waals surface area contributed by atoms with E-state index in [9.17, 15) is 14.4 Å². The number of hydrogen-bond donors (Lipinski definition) is 2. The van der Waals surface area contributed by atoms with Gasteiger partial charge >= 0.3 is 0 Å². The Morgan fingerprint density at radius 1 is 1.18 bits per heavy atom. The van der Waals surface area contributed by atoms with Crippen molar-refractivity contribution in [2.45, 2.75) is 6.42 Å². The van der Waals surface area contributed by atoms with Crippen LogP contribution in [0.4, 0.5) is 11.4 Å². The number of nitrogens with one attached hydrogen (secondary N) is 1. The van der Waals surface area contributed by atoms with Crippen molar-refractivity contribution < 1.29 is 23.9 Å². The smallest absolute Gasteiger partial charge is 0.262 e. The van der Waals surface area contributed by atoms with Crippen LogP contribution in [0, 0.1) is 5.92 Å². The van der Waals surface area contributed by atoms with Crippen LogP contribution in [0.1, 0.15) is 6.42 Å². The second kappa shape index (κ2) is 8.43. The molecule has 3 amide bonds. The van der Waals surface area contributed by atoms with Gasteiger partial charge < -0.3 is 25.4 Å². The fourth-order valence-electron chi connectivity index (χ4n) is 2.92. The van der Waals surface area contributed by atoms with Crippen LogP contribution in [0.15, 0.2) is 48.5 Å². The molecule has 0 spiro atoms. The molecule has 1 atom stereocenters. The summed E-state index contributed by atoms with van der Waals surface area (Å²) in [7, 11) is 1.55. The zero-order valence-electron chi connectivity index (χ0n) is 15.4. The highest BCUT2D eigenvalue weighted by Gasteiger charge is 2.33. The first-order valence-electron chi connectivity index (χ1n) is 8.72. The van der Waals surface area contributed by atoms with Crippen LogP contribution in [0.3, 0.4) is 0 Å². The van der Waals surface area contributed by atoms with E-state index in [2.05, 4.69) is 5.32 Å². The molecule has 1 fully saturated rings. The van der Waals surface area contributed by atoms with Crippen LogP contribution < -0.4 is 25.4 Å².